The first-order valence-electron chi connectivity index (χ1n) is 3.33. The zero-order valence-electron chi connectivity index (χ0n) is 6.36. The van der Waals surface area contributed by atoms with Gasteiger partial charge in [0.25, 0.3) is 0 Å². The van der Waals surface area contributed by atoms with E-state index in [4.69, 9.17) is 11.6 Å². The molecule has 11 heavy (non-hydrogen) atoms. The van der Waals surface area contributed by atoms with Gasteiger partial charge < -0.3 is 0 Å². The Hall–Kier alpha value is -0.150. The van der Waals surface area contributed by atoms with E-state index in [1.54, 1.807) is 0 Å². The molecular weight excluding hydrogens is 227 g/mol. The maximum Gasteiger partial charge on any atom is 0.147 e. The van der Waals surface area contributed by atoms with Crippen LogP contribution in [-0.2, 0) is 6.42 Å². The van der Waals surface area contributed by atoms with Gasteiger partial charge in [-0.05, 0) is 22.9 Å². The first-order chi connectivity index (χ1) is 5.15. The minimum Gasteiger partial charge on any atom is -0.237 e. The lowest BCUT2D eigenvalue weighted by molar-refractivity contribution is 0.911. The van der Waals surface area contributed by atoms with Crippen molar-refractivity contribution in [2.24, 2.45) is 0 Å². The zero-order valence-corrected chi connectivity index (χ0v) is 8.70. The summed E-state index contributed by atoms with van der Waals surface area (Å²) in [5.41, 5.74) is 0.891. The van der Waals surface area contributed by atoms with Crippen molar-refractivity contribution in [1.82, 2.24) is 9.97 Å². The molecule has 0 saturated heterocycles. The minimum absolute atomic E-state index is 0.495. The molecule has 0 spiro atoms. The van der Waals surface area contributed by atoms with Crippen LogP contribution >= 0.6 is 27.5 Å². The summed E-state index contributed by atoms with van der Waals surface area (Å²) < 4.78 is 0.788. The van der Waals surface area contributed by atoms with E-state index in [9.17, 15) is 0 Å². The van der Waals surface area contributed by atoms with Crippen LogP contribution in [0.4, 0.5) is 0 Å². The topological polar surface area (TPSA) is 25.8 Å². The second kappa shape index (κ2) is 3.50. The molecular formula is C7H8BrClN2. The Bertz CT molecular complexity index is 252. The van der Waals surface area contributed by atoms with E-state index in [0.29, 0.717) is 5.15 Å². The van der Waals surface area contributed by atoms with E-state index in [2.05, 4.69) is 25.9 Å². The second-order valence-electron chi connectivity index (χ2n) is 2.18. The quantitative estimate of drug-likeness (QED) is 0.700. The highest BCUT2D eigenvalue weighted by Crippen LogP contribution is 2.22. The van der Waals surface area contributed by atoms with Crippen LogP contribution in [0.3, 0.4) is 0 Å². The van der Waals surface area contributed by atoms with Crippen LogP contribution in [0.2, 0.25) is 5.15 Å². The lowest BCUT2D eigenvalue weighted by Crippen LogP contribution is -1.96. The first kappa shape index (κ1) is 8.94. The highest BCUT2D eigenvalue weighted by Gasteiger charge is 2.04. The summed E-state index contributed by atoms with van der Waals surface area (Å²) in [5, 5.41) is 0.495. The maximum absolute atomic E-state index is 5.80. The van der Waals surface area contributed by atoms with Crippen molar-refractivity contribution in [3.8, 4) is 0 Å². The number of nitrogens with zero attached hydrogens (tertiary/aromatic N) is 2. The van der Waals surface area contributed by atoms with Crippen molar-refractivity contribution < 1.29 is 0 Å². The van der Waals surface area contributed by atoms with Crippen molar-refractivity contribution in [2.75, 3.05) is 0 Å². The molecule has 0 radical (unpaired) electrons. The van der Waals surface area contributed by atoms with Gasteiger partial charge in [-0.2, -0.15) is 0 Å². The predicted octanol–water partition coefficient (Wildman–Crippen LogP) is 2.76. The number of halogens is 2. The third-order valence-corrected chi connectivity index (χ3v) is 2.79. The van der Waals surface area contributed by atoms with Gasteiger partial charge in [0.15, 0.2) is 0 Å². The van der Waals surface area contributed by atoms with Crippen LogP contribution in [0, 0.1) is 6.92 Å². The lowest BCUT2D eigenvalue weighted by Gasteiger charge is -2.01. The monoisotopic (exact) mass is 234 g/mol. The summed E-state index contributed by atoms with van der Waals surface area (Å²) in [7, 11) is 0. The molecule has 4 heteroatoms. The predicted molar refractivity (Wildman–Crippen MR) is 48.9 cm³/mol. The van der Waals surface area contributed by atoms with E-state index in [-0.39, 0.29) is 0 Å². The highest BCUT2D eigenvalue weighted by atomic mass is 79.9. The van der Waals surface area contributed by atoms with Crippen molar-refractivity contribution in [3.63, 3.8) is 0 Å². The van der Waals surface area contributed by atoms with Gasteiger partial charge in [0.05, 0.1) is 10.2 Å². The van der Waals surface area contributed by atoms with Gasteiger partial charge in [-0.1, -0.05) is 18.5 Å². The normalized spacial score (nSPS) is 10.2. The molecule has 0 fully saturated rings. The van der Waals surface area contributed by atoms with E-state index in [1.807, 2.05) is 13.8 Å². The third-order valence-electron chi connectivity index (χ3n) is 1.34. The fraction of sp³-hybridized carbons (Fsp3) is 0.429. The third kappa shape index (κ3) is 1.91. The van der Waals surface area contributed by atoms with Gasteiger partial charge in [0, 0.05) is 6.42 Å². The van der Waals surface area contributed by atoms with E-state index < -0.39 is 0 Å². The van der Waals surface area contributed by atoms with Gasteiger partial charge in [-0.3, -0.25) is 0 Å². The summed E-state index contributed by atoms with van der Waals surface area (Å²) in [6.45, 7) is 3.90. The molecule has 2 nitrogen and oxygen atoms in total. The fourth-order valence-electron chi connectivity index (χ4n) is 0.737. The molecule has 1 rings (SSSR count). The molecule has 0 saturated carbocycles. The average molecular weight is 236 g/mol. The Morgan fingerprint density at radius 1 is 1.45 bits per heavy atom. The summed E-state index contributed by atoms with van der Waals surface area (Å²) in [6.07, 6.45) is 0.813. The summed E-state index contributed by atoms with van der Waals surface area (Å²) in [4.78, 5) is 8.27. The van der Waals surface area contributed by atoms with Gasteiger partial charge >= 0.3 is 0 Å². The van der Waals surface area contributed by atoms with Crippen LogP contribution < -0.4 is 0 Å². The van der Waals surface area contributed by atoms with Crippen LogP contribution in [0.15, 0.2) is 4.47 Å². The molecule has 0 aliphatic carbocycles. The molecule has 0 N–H and O–H groups in total. The van der Waals surface area contributed by atoms with Crippen LogP contribution in [0.25, 0.3) is 0 Å². The van der Waals surface area contributed by atoms with Crippen LogP contribution in [-0.4, -0.2) is 9.97 Å². The Labute approximate surface area is 79.1 Å². The minimum atomic E-state index is 0.495. The summed E-state index contributed by atoms with van der Waals surface area (Å²) in [6, 6.07) is 0. The molecule has 1 heterocycles. The summed E-state index contributed by atoms with van der Waals surface area (Å²) >= 11 is 9.09. The average Bonchev–Trinajstić information content (AvgIpc) is 1.99. The Morgan fingerprint density at radius 2 is 2.09 bits per heavy atom. The van der Waals surface area contributed by atoms with E-state index in [0.717, 1.165) is 22.4 Å². The van der Waals surface area contributed by atoms with Crippen molar-refractivity contribution in [2.45, 2.75) is 20.3 Å². The number of hydrogen-bond donors (Lipinski definition) is 0. The molecule has 0 aliphatic rings. The van der Waals surface area contributed by atoms with E-state index >= 15 is 0 Å². The first-order valence-corrected chi connectivity index (χ1v) is 4.50. The van der Waals surface area contributed by atoms with Gasteiger partial charge in [-0.15, -0.1) is 0 Å². The van der Waals surface area contributed by atoms with Crippen LogP contribution in [0.1, 0.15) is 18.4 Å². The molecule has 0 aromatic carbocycles. The molecule has 0 aliphatic heterocycles. The number of rotatable bonds is 1. The lowest BCUT2D eigenvalue weighted by atomic mass is 10.4. The Kier molecular flexibility index (Phi) is 2.84. The molecule has 0 bridgehead atoms. The molecule has 1 aromatic heterocycles. The van der Waals surface area contributed by atoms with Gasteiger partial charge in [0.2, 0.25) is 0 Å². The molecule has 1 aromatic rings. The van der Waals surface area contributed by atoms with Gasteiger partial charge in [0.1, 0.15) is 11.0 Å². The Morgan fingerprint density at radius 3 is 2.55 bits per heavy atom. The SMILES string of the molecule is CCc1nc(C)c(Br)c(Cl)n1. The standard InChI is InChI=1S/C7H8BrClN2/c1-3-5-10-4(2)6(8)7(9)11-5/h3H2,1-2H3. The number of hydrogen-bond acceptors (Lipinski definition) is 2. The molecule has 60 valence electrons. The van der Waals surface area contributed by atoms with E-state index in [1.165, 1.54) is 0 Å². The van der Waals surface area contributed by atoms with Crippen molar-refractivity contribution >= 4 is 27.5 Å². The Balaban J connectivity index is 3.21. The maximum atomic E-state index is 5.80. The molecule has 0 amide bonds. The van der Waals surface area contributed by atoms with Crippen molar-refractivity contribution in [3.05, 3.63) is 21.1 Å². The second-order valence-corrected chi connectivity index (χ2v) is 3.33. The van der Waals surface area contributed by atoms with Crippen LogP contribution in [0.5, 0.6) is 0 Å². The summed E-state index contributed by atoms with van der Waals surface area (Å²) in [5.74, 6) is 0.788. The number of aryl methyl sites for hydroxylation is 2. The zero-order chi connectivity index (χ0) is 8.43. The largest absolute Gasteiger partial charge is 0.237 e. The molecule has 0 atom stereocenters. The smallest absolute Gasteiger partial charge is 0.147 e. The fourth-order valence-corrected chi connectivity index (χ4v) is 1.15. The van der Waals surface area contributed by atoms with Gasteiger partial charge in [-0.25, -0.2) is 9.97 Å². The molecule has 0 unspecified atom stereocenters. The highest BCUT2D eigenvalue weighted by molar-refractivity contribution is 9.10. The number of aromatic nitrogens is 2. The van der Waals surface area contributed by atoms with Crippen molar-refractivity contribution in [1.29, 1.82) is 0 Å².